The van der Waals surface area contributed by atoms with Crippen molar-refractivity contribution in [2.24, 2.45) is 0 Å². The molecule has 1 aliphatic rings. The summed E-state index contributed by atoms with van der Waals surface area (Å²) in [4.78, 5) is 38.9. The van der Waals surface area contributed by atoms with Gasteiger partial charge in [0, 0.05) is 5.02 Å². The van der Waals surface area contributed by atoms with Gasteiger partial charge in [-0.1, -0.05) is 23.7 Å². The molecule has 1 heterocycles. The SMILES string of the molecule is COc1ccc(N2C(=O)NC(=O)/C(=C\c3cc(Br)c(OCc4ccc(Cl)cc4)c(Br)c3)C2=O)cc1. The minimum absolute atomic E-state index is 0.186. The first-order chi connectivity index (χ1) is 16.8. The number of nitrogens with one attached hydrogen (secondary N) is 1. The van der Waals surface area contributed by atoms with Crippen molar-refractivity contribution in [1.29, 1.82) is 0 Å². The lowest BCUT2D eigenvalue weighted by atomic mass is 10.1. The van der Waals surface area contributed by atoms with E-state index in [2.05, 4.69) is 37.2 Å². The number of benzene rings is 3. The molecule has 0 radical (unpaired) electrons. The summed E-state index contributed by atoms with van der Waals surface area (Å²) in [6.45, 7) is 0.314. The summed E-state index contributed by atoms with van der Waals surface area (Å²) >= 11 is 12.9. The molecule has 3 aromatic rings. The molecule has 7 nitrogen and oxygen atoms in total. The van der Waals surface area contributed by atoms with Crippen molar-refractivity contribution in [2.75, 3.05) is 12.0 Å². The number of hydrogen-bond acceptors (Lipinski definition) is 5. The molecular weight excluding hydrogens is 604 g/mol. The largest absolute Gasteiger partial charge is 0.497 e. The third-order valence-corrected chi connectivity index (χ3v) is 6.49. The van der Waals surface area contributed by atoms with Crippen LogP contribution in [0.25, 0.3) is 6.08 Å². The predicted octanol–water partition coefficient (Wildman–Crippen LogP) is 6.12. The lowest BCUT2D eigenvalue weighted by molar-refractivity contribution is -0.122. The molecule has 4 amide bonds. The Hall–Kier alpha value is -3.14. The highest BCUT2D eigenvalue weighted by molar-refractivity contribution is 9.11. The Bertz CT molecular complexity index is 1320. The first-order valence-corrected chi connectivity index (χ1v) is 12.1. The fourth-order valence-corrected chi connectivity index (χ4v) is 4.90. The molecule has 10 heteroatoms. The van der Waals surface area contributed by atoms with E-state index in [1.54, 1.807) is 48.5 Å². The maximum atomic E-state index is 13.1. The van der Waals surface area contributed by atoms with Gasteiger partial charge in [-0.25, -0.2) is 9.69 Å². The van der Waals surface area contributed by atoms with Crippen molar-refractivity contribution in [1.82, 2.24) is 5.32 Å². The minimum atomic E-state index is -0.823. The number of halogens is 3. The number of hydrogen-bond donors (Lipinski definition) is 1. The molecule has 4 rings (SSSR count). The molecule has 1 saturated heterocycles. The van der Waals surface area contributed by atoms with E-state index in [0.29, 0.717) is 43.3 Å². The lowest BCUT2D eigenvalue weighted by Gasteiger charge is -2.26. The van der Waals surface area contributed by atoms with Crippen molar-refractivity contribution >= 4 is 73.1 Å². The molecule has 0 atom stereocenters. The second kappa shape index (κ2) is 10.6. The number of imide groups is 2. The fourth-order valence-electron chi connectivity index (χ4n) is 3.33. The Morgan fingerprint density at radius 3 is 2.20 bits per heavy atom. The van der Waals surface area contributed by atoms with Gasteiger partial charge in [0.15, 0.2) is 0 Å². The van der Waals surface area contributed by atoms with Crippen LogP contribution in [0.2, 0.25) is 5.02 Å². The Kier molecular flexibility index (Phi) is 7.59. The van der Waals surface area contributed by atoms with Crippen LogP contribution in [-0.4, -0.2) is 25.0 Å². The van der Waals surface area contributed by atoms with Gasteiger partial charge in [0.25, 0.3) is 11.8 Å². The van der Waals surface area contributed by atoms with Crippen molar-refractivity contribution in [2.45, 2.75) is 6.61 Å². The van der Waals surface area contributed by atoms with E-state index in [-0.39, 0.29) is 5.57 Å². The highest BCUT2D eigenvalue weighted by Gasteiger charge is 2.36. The van der Waals surface area contributed by atoms with Gasteiger partial charge in [-0.05, 0) is 97.6 Å². The number of amides is 4. The zero-order valence-corrected chi connectivity index (χ0v) is 22.1. The molecule has 1 N–H and O–H groups in total. The normalized spacial score (nSPS) is 14.8. The number of rotatable bonds is 6. The van der Waals surface area contributed by atoms with Crippen LogP contribution in [0.5, 0.6) is 11.5 Å². The smallest absolute Gasteiger partial charge is 0.335 e. The molecule has 0 aromatic heterocycles. The van der Waals surface area contributed by atoms with Gasteiger partial charge < -0.3 is 9.47 Å². The van der Waals surface area contributed by atoms with Gasteiger partial charge in [-0.2, -0.15) is 0 Å². The van der Waals surface area contributed by atoms with E-state index < -0.39 is 17.8 Å². The molecule has 0 saturated carbocycles. The van der Waals surface area contributed by atoms with Crippen LogP contribution >= 0.6 is 43.5 Å². The Morgan fingerprint density at radius 1 is 0.971 bits per heavy atom. The molecule has 35 heavy (non-hydrogen) atoms. The van der Waals surface area contributed by atoms with E-state index in [1.807, 2.05) is 12.1 Å². The first kappa shape index (κ1) is 25.0. The highest BCUT2D eigenvalue weighted by atomic mass is 79.9. The monoisotopic (exact) mass is 618 g/mol. The second-order valence-electron chi connectivity index (χ2n) is 7.38. The van der Waals surface area contributed by atoms with Gasteiger partial charge in [0.2, 0.25) is 0 Å². The predicted molar refractivity (Wildman–Crippen MR) is 140 cm³/mol. The molecule has 1 fully saturated rings. The van der Waals surface area contributed by atoms with Gasteiger partial charge in [-0.3, -0.25) is 14.9 Å². The number of anilines is 1. The minimum Gasteiger partial charge on any atom is -0.497 e. The van der Waals surface area contributed by atoms with E-state index >= 15 is 0 Å². The van der Waals surface area contributed by atoms with Gasteiger partial charge in [0.05, 0.1) is 21.7 Å². The molecular formula is C25H17Br2ClN2O5. The summed E-state index contributed by atoms with van der Waals surface area (Å²) in [5.41, 5.74) is 1.60. The third-order valence-electron chi connectivity index (χ3n) is 5.06. The van der Waals surface area contributed by atoms with Crippen LogP contribution < -0.4 is 19.7 Å². The molecule has 0 spiro atoms. The summed E-state index contributed by atoms with van der Waals surface area (Å²) in [6.07, 6.45) is 1.42. The third kappa shape index (κ3) is 5.58. The number of carbonyl (C=O) groups is 3. The zero-order valence-electron chi connectivity index (χ0n) is 18.2. The number of barbiturate groups is 1. The molecule has 178 valence electrons. The fraction of sp³-hybridized carbons (Fsp3) is 0.0800. The number of urea groups is 1. The van der Waals surface area contributed by atoms with Crippen LogP contribution in [0.15, 0.2) is 75.2 Å². The summed E-state index contributed by atoms with van der Waals surface area (Å²) in [7, 11) is 1.51. The van der Waals surface area contributed by atoms with Crippen molar-refractivity contribution in [3.05, 3.63) is 91.3 Å². The molecule has 3 aromatic carbocycles. The first-order valence-electron chi connectivity index (χ1n) is 10.2. The number of nitrogens with zero attached hydrogens (tertiary/aromatic N) is 1. The van der Waals surface area contributed by atoms with Crippen molar-refractivity contribution < 1.29 is 23.9 Å². The summed E-state index contributed by atoms with van der Waals surface area (Å²) < 4.78 is 12.3. The maximum absolute atomic E-state index is 13.1. The number of carbonyl (C=O) groups excluding carboxylic acids is 3. The van der Waals surface area contributed by atoms with Crippen LogP contribution in [0.4, 0.5) is 10.5 Å². The maximum Gasteiger partial charge on any atom is 0.335 e. The van der Waals surface area contributed by atoms with Crippen LogP contribution in [0.1, 0.15) is 11.1 Å². The van der Waals surface area contributed by atoms with E-state index in [1.165, 1.54) is 13.2 Å². The molecule has 0 aliphatic carbocycles. The Labute approximate surface area is 222 Å². The Morgan fingerprint density at radius 2 is 1.60 bits per heavy atom. The standard InChI is InChI=1S/C25H17Br2ClN2O5/c1-34-18-8-6-17(7-9-18)30-24(32)19(23(31)29-25(30)33)10-15-11-20(26)22(21(27)12-15)35-13-14-2-4-16(28)5-3-14/h2-12H,13H2,1H3,(H,29,31,33)/b19-10+. The summed E-state index contributed by atoms with van der Waals surface area (Å²) in [5, 5.41) is 2.85. The number of ether oxygens (including phenoxy) is 2. The molecule has 0 bridgehead atoms. The molecule has 1 aliphatic heterocycles. The van der Waals surface area contributed by atoms with E-state index in [9.17, 15) is 14.4 Å². The average Bonchev–Trinajstić information content (AvgIpc) is 2.82. The topological polar surface area (TPSA) is 84.9 Å². The zero-order chi connectivity index (χ0) is 25.1. The summed E-state index contributed by atoms with van der Waals surface area (Å²) in [6, 6.07) is 16.3. The second-order valence-corrected chi connectivity index (χ2v) is 9.53. The van der Waals surface area contributed by atoms with Gasteiger partial charge in [-0.15, -0.1) is 0 Å². The van der Waals surface area contributed by atoms with Crippen LogP contribution in [0, 0.1) is 0 Å². The average molecular weight is 621 g/mol. The van der Waals surface area contributed by atoms with E-state index in [4.69, 9.17) is 21.1 Å². The van der Waals surface area contributed by atoms with Gasteiger partial charge in [0.1, 0.15) is 23.7 Å². The quantitative estimate of drug-likeness (QED) is 0.265. The van der Waals surface area contributed by atoms with E-state index in [0.717, 1.165) is 10.5 Å². The van der Waals surface area contributed by atoms with Crippen molar-refractivity contribution in [3.8, 4) is 11.5 Å². The van der Waals surface area contributed by atoms with Crippen LogP contribution in [-0.2, 0) is 16.2 Å². The number of methoxy groups -OCH3 is 1. The van der Waals surface area contributed by atoms with Gasteiger partial charge >= 0.3 is 6.03 Å². The highest BCUT2D eigenvalue weighted by Crippen LogP contribution is 2.36. The van der Waals surface area contributed by atoms with Crippen LogP contribution in [0.3, 0.4) is 0 Å². The summed E-state index contributed by atoms with van der Waals surface area (Å²) in [5.74, 6) is -0.394. The Balaban J connectivity index is 1.59. The van der Waals surface area contributed by atoms with Crippen molar-refractivity contribution in [3.63, 3.8) is 0 Å². The lowest BCUT2D eigenvalue weighted by Crippen LogP contribution is -2.54. The molecule has 0 unspecified atom stereocenters.